The van der Waals surface area contributed by atoms with Gasteiger partial charge in [-0.05, 0) is 20.8 Å². The lowest BCUT2D eigenvalue weighted by Crippen LogP contribution is -2.12. The van der Waals surface area contributed by atoms with Crippen LogP contribution in [0.2, 0.25) is 0 Å². The van der Waals surface area contributed by atoms with Gasteiger partial charge in [-0.25, -0.2) is 4.98 Å². The van der Waals surface area contributed by atoms with Gasteiger partial charge in [0.15, 0.2) is 5.13 Å². The Morgan fingerprint density at radius 3 is 2.48 bits per heavy atom. The average Bonchev–Trinajstić information content (AvgIpc) is 3.02. The van der Waals surface area contributed by atoms with E-state index in [0.717, 1.165) is 16.1 Å². The van der Waals surface area contributed by atoms with Crippen molar-refractivity contribution in [1.29, 1.82) is 0 Å². The van der Waals surface area contributed by atoms with Crippen molar-refractivity contribution in [2.45, 2.75) is 20.8 Å². The van der Waals surface area contributed by atoms with Crippen molar-refractivity contribution >= 4 is 22.4 Å². The van der Waals surface area contributed by atoms with Gasteiger partial charge in [0.25, 0.3) is 5.91 Å². The molecule has 0 unspecified atom stereocenters. The third kappa shape index (κ3) is 3.17. The molecule has 118 valence electrons. The van der Waals surface area contributed by atoms with Crippen LogP contribution in [-0.2, 0) is 7.05 Å². The molecule has 1 N–H and O–H groups in total. The summed E-state index contributed by atoms with van der Waals surface area (Å²) in [4.78, 5) is 18.0. The summed E-state index contributed by atoms with van der Waals surface area (Å²) in [6.45, 7) is 5.89. The van der Waals surface area contributed by atoms with Gasteiger partial charge in [0, 0.05) is 23.7 Å². The molecular weight excluding hydrogens is 308 g/mol. The molecular formula is C17H18N4OS. The summed E-state index contributed by atoms with van der Waals surface area (Å²) < 4.78 is 1.63. The molecule has 0 bridgehead atoms. The Morgan fingerprint density at radius 2 is 1.87 bits per heavy atom. The molecule has 0 atom stereocenters. The van der Waals surface area contributed by atoms with Crippen LogP contribution in [0.3, 0.4) is 0 Å². The fraction of sp³-hybridized carbons (Fsp3) is 0.235. The minimum absolute atomic E-state index is 0.181. The van der Waals surface area contributed by atoms with Crippen molar-refractivity contribution in [3.05, 3.63) is 52.2 Å². The van der Waals surface area contributed by atoms with Crippen molar-refractivity contribution in [3.63, 3.8) is 0 Å². The number of hydrogen-bond acceptors (Lipinski definition) is 4. The van der Waals surface area contributed by atoms with Gasteiger partial charge in [0.1, 0.15) is 0 Å². The summed E-state index contributed by atoms with van der Waals surface area (Å²) in [7, 11) is 1.80. The first-order chi connectivity index (χ1) is 10.9. The van der Waals surface area contributed by atoms with Crippen LogP contribution in [0, 0.1) is 20.8 Å². The molecule has 2 aromatic heterocycles. The molecule has 0 aliphatic heterocycles. The van der Waals surface area contributed by atoms with Gasteiger partial charge in [0.2, 0.25) is 0 Å². The number of nitrogens with one attached hydrogen (secondary N) is 1. The second kappa shape index (κ2) is 5.96. The predicted molar refractivity (Wildman–Crippen MR) is 92.9 cm³/mol. The highest BCUT2D eigenvalue weighted by molar-refractivity contribution is 7.16. The van der Waals surface area contributed by atoms with E-state index in [4.69, 9.17) is 0 Å². The van der Waals surface area contributed by atoms with E-state index in [-0.39, 0.29) is 5.91 Å². The molecule has 0 fully saturated rings. The lowest BCUT2D eigenvalue weighted by molar-refractivity contribution is 0.102. The fourth-order valence-corrected chi connectivity index (χ4v) is 3.25. The van der Waals surface area contributed by atoms with E-state index in [1.165, 1.54) is 16.9 Å². The summed E-state index contributed by atoms with van der Waals surface area (Å²) in [5.41, 5.74) is 4.45. The zero-order chi connectivity index (χ0) is 16.6. The molecule has 2 heterocycles. The molecule has 3 rings (SSSR count). The Morgan fingerprint density at radius 1 is 1.17 bits per heavy atom. The predicted octanol–water partition coefficient (Wildman–Crippen LogP) is 3.72. The maximum Gasteiger partial charge on any atom is 0.260 e. The van der Waals surface area contributed by atoms with E-state index in [1.54, 1.807) is 17.9 Å². The zero-order valence-corrected chi connectivity index (χ0v) is 14.4. The highest BCUT2D eigenvalue weighted by atomic mass is 32.1. The van der Waals surface area contributed by atoms with Crippen molar-refractivity contribution in [1.82, 2.24) is 14.8 Å². The number of amides is 1. The van der Waals surface area contributed by atoms with Gasteiger partial charge in [-0.1, -0.05) is 29.8 Å². The fourth-order valence-electron chi connectivity index (χ4n) is 2.42. The lowest BCUT2D eigenvalue weighted by atomic mass is 10.1. The van der Waals surface area contributed by atoms with Crippen LogP contribution >= 0.6 is 11.3 Å². The average molecular weight is 326 g/mol. The molecule has 0 spiro atoms. The van der Waals surface area contributed by atoms with E-state index in [0.29, 0.717) is 16.4 Å². The van der Waals surface area contributed by atoms with Crippen LogP contribution in [-0.4, -0.2) is 20.7 Å². The molecule has 0 radical (unpaired) electrons. The molecule has 0 aliphatic rings. The molecule has 1 aromatic carbocycles. The number of rotatable bonds is 3. The van der Waals surface area contributed by atoms with Crippen LogP contribution in [0.15, 0.2) is 30.5 Å². The van der Waals surface area contributed by atoms with Gasteiger partial charge < -0.3 is 0 Å². The summed E-state index contributed by atoms with van der Waals surface area (Å²) in [6, 6.07) is 8.22. The molecule has 0 saturated heterocycles. The van der Waals surface area contributed by atoms with Crippen LogP contribution in [0.25, 0.3) is 11.3 Å². The Labute approximate surface area is 139 Å². The summed E-state index contributed by atoms with van der Waals surface area (Å²) in [5.74, 6) is -0.181. The van der Waals surface area contributed by atoms with Crippen LogP contribution < -0.4 is 5.32 Å². The van der Waals surface area contributed by atoms with Crippen molar-refractivity contribution < 1.29 is 4.79 Å². The van der Waals surface area contributed by atoms with Gasteiger partial charge in [-0.3, -0.25) is 14.8 Å². The number of carbonyl (C=O) groups is 1. The Hall–Kier alpha value is -2.47. The van der Waals surface area contributed by atoms with Crippen molar-refractivity contribution in [3.8, 4) is 11.3 Å². The van der Waals surface area contributed by atoms with E-state index in [9.17, 15) is 4.79 Å². The van der Waals surface area contributed by atoms with Gasteiger partial charge in [-0.15, -0.1) is 11.3 Å². The summed E-state index contributed by atoms with van der Waals surface area (Å²) in [6.07, 6.45) is 1.71. The largest absolute Gasteiger partial charge is 0.298 e. The second-order valence-corrected chi connectivity index (χ2v) is 6.75. The third-order valence-electron chi connectivity index (χ3n) is 3.60. The highest BCUT2D eigenvalue weighted by Crippen LogP contribution is 2.30. The Kier molecular flexibility index (Phi) is 4.00. The van der Waals surface area contributed by atoms with Crippen LogP contribution in [0.4, 0.5) is 5.13 Å². The highest BCUT2D eigenvalue weighted by Gasteiger charge is 2.16. The van der Waals surface area contributed by atoms with E-state index < -0.39 is 0 Å². The molecule has 1 amide bonds. The number of thiazole rings is 1. The SMILES string of the molecule is Cc1ccc(-c2nc(NC(=O)c3cn(C)nc3C)sc2C)cc1. The summed E-state index contributed by atoms with van der Waals surface area (Å²) >= 11 is 1.48. The Balaban J connectivity index is 1.85. The van der Waals surface area contributed by atoms with E-state index in [1.807, 2.05) is 26.0 Å². The molecule has 0 aliphatic carbocycles. The van der Waals surface area contributed by atoms with Gasteiger partial charge in [-0.2, -0.15) is 5.10 Å². The first-order valence-electron chi connectivity index (χ1n) is 7.30. The molecule has 6 heteroatoms. The maximum absolute atomic E-state index is 12.4. The first-order valence-corrected chi connectivity index (χ1v) is 8.12. The standard InChI is InChI=1S/C17H18N4OS/c1-10-5-7-13(8-6-10)15-12(3)23-17(18-15)19-16(22)14-9-21(4)20-11(14)2/h5-9H,1-4H3,(H,18,19,22). The number of anilines is 1. The van der Waals surface area contributed by atoms with Crippen LogP contribution in [0.5, 0.6) is 0 Å². The van der Waals surface area contributed by atoms with E-state index >= 15 is 0 Å². The van der Waals surface area contributed by atoms with Gasteiger partial charge >= 0.3 is 0 Å². The first kappa shape index (κ1) is 15.4. The van der Waals surface area contributed by atoms with Gasteiger partial charge in [0.05, 0.1) is 17.0 Å². The lowest BCUT2D eigenvalue weighted by Gasteiger charge is -2.00. The number of benzene rings is 1. The monoisotopic (exact) mass is 326 g/mol. The molecule has 0 saturated carbocycles. The number of aryl methyl sites for hydroxylation is 4. The third-order valence-corrected chi connectivity index (χ3v) is 4.49. The molecule has 5 nitrogen and oxygen atoms in total. The minimum atomic E-state index is -0.181. The normalized spacial score (nSPS) is 10.8. The zero-order valence-electron chi connectivity index (χ0n) is 13.5. The van der Waals surface area contributed by atoms with Crippen molar-refractivity contribution in [2.24, 2.45) is 7.05 Å². The number of hydrogen-bond donors (Lipinski definition) is 1. The topological polar surface area (TPSA) is 59.8 Å². The number of carbonyl (C=O) groups excluding carboxylic acids is 1. The minimum Gasteiger partial charge on any atom is -0.298 e. The maximum atomic E-state index is 12.4. The second-order valence-electron chi connectivity index (χ2n) is 5.55. The molecule has 23 heavy (non-hydrogen) atoms. The number of nitrogens with zero attached hydrogens (tertiary/aromatic N) is 3. The van der Waals surface area contributed by atoms with Crippen molar-refractivity contribution in [2.75, 3.05) is 5.32 Å². The Bertz CT molecular complexity index is 861. The number of aromatic nitrogens is 3. The smallest absolute Gasteiger partial charge is 0.260 e. The molecule has 3 aromatic rings. The van der Waals surface area contributed by atoms with E-state index in [2.05, 4.69) is 34.5 Å². The quantitative estimate of drug-likeness (QED) is 0.798. The summed E-state index contributed by atoms with van der Waals surface area (Å²) in [5, 5.41) is 7.66. The van der Waals surface area contributed by atoms with Crippen LogP contribution in [0.1, 0.15) is 26.5 Å².